The second-order valence-electron chi connectivity index (χ2n) is 10.7. The van der Waals surface area contributed by atoms with Crippen LogP contribution in [0.3, 0.4) is 0 Å². The number of aliphatic hydroxyl groups is 1. The summed E-state index contributed by atoms with van der Waals surface area (Å²) in [7, 11) is -2.10. The van der Waals surface area contributed by atoms with Gasteiger partial charge in [-0.2, -0.15) is 0 Å². The molecule has 4 rings (SSSR count). The van der Waals surface area contributed by atoms with Crippen LogP contribution in [0, 0.1) is 0 Å². The van der Waals surface area contributed by atoms with Crippen LogP contribution < -0.4 is 14.8 Å². The number of hydrogen-bond acceptors (Lipinski definition) is 7. The number of amides is 3. The van der Waals surface area contributed by atoms with Crippen LogP contribution in [0.5, 0.6) is 5.75 Å². The van der Waals surface area contributed by atoms with Crippen molar-refractivity contribution < 1.29 is 27.9 Å². The zero-order valence-electron chi connectivity index (χ0n) is 22.0. The van der Waals surface area contributed by atoms with E-state index in [-0.39, 0.29) is 60.2 Å². The molecule has 3 amide bonds. The van der Waals surface area contributed by atoms with Crippen LogP contribution in [0.1, 0.15) is 45.1 Å². The van der Waals surface area contributed by atoms with E-state index in [1.165, 1.54) is 0 Å². The number of aliphatic hydroxyl groups excluding tert-OH is 1. The molecular formula is C25H39N5O6S. The second-order valence-corrected chi connectivity index (χ2v) is 12.4. The molecule has 2 saturated heterocycles. The van der Waals surface area contributed by atoms with Crippen LogP contribution in [-0.4, -0.2) is 111 Å². The van der Waals surface area contributed by atoms with E-state index in [4.69, 9.17) is 4.74 Å². The van der Waals surface area contributed by atoms with Crippen molar-refractivity contribution in [2.24, 2.45) is 0 Å². The third-order valence-electron chi connectivity index (χ3n) is 7.46. The van der Waals surface area contributed by atoms with E-state index in [0.29, 0.717) is 19.6 Å². The molecule has 3 aliphatic rings. The van der Waals surface area contributed by atoms with Gasteiger partial charge in [0.1, 0.15) is 16.7 Å². The molecule has 0 radical (unpaired) electrons. The van der Waals surface area contributed by atoms with Crippen molar-refractivity contribution in [1.82, 2.24) is 24.7 Å². The number of piperidine rings is 1. The number of urea groups is 1. The average molecular weight is 538 g/mol. The van der Waals surface area contributed by atoms with Crippen LogP contribution in [0.25, 0.3) is 0 Å². The van der Waals surface area contributed by atoms with Gasteiger partial charge in [-0.3, -0.25) is 9.69 Å². The molecule has 0 saturated carbocycles. The maximum absolute atomic E-state index is 13.2. The first kappa shape index (κ1) is 27.6. The Morgan fingerprint density at radius 2 is 1.84 bits per heavy atom. The minimum atomic E-state index is -3.95. The number of rotatable bonds is 2. The highest BCUT2D eigenvalue weighted by Gasteiger charge is 2.41. The number of likely N-dealkylation sites (tertiary alicyclic amines) is 2. The summed E-state index contributed by atoms with van der Waals surface area (Å²) in [5, 5.41) is 13.4. The third-order valence-corrected chi connectivity index (χ3v) is 8.92. The molecule has 3 aliphatic heterocycles. The Kier molecular flexibility index (Phi) is 8.32. The number of carbonyl (C=O) groups is 2. The Morgan fingerprint density at radius 1 is 1.14 bits per heavy atom. The maximum Gasteiger partial charge on any atom is 0.317 e. The highest BCUT2D eigenvalue weighted by Crippen LogP contribution is 2.35. The lowest BCUT2D eigenvalue weighted by Crippen LogP contribution is -2.48. The normalized spacial score (nSPS) is 27.1. The Labute approximate surface area is 219 Å². The molecule has 3 heterocycles. The van der Waals surface area contributed by atoms with Gasteiger partial charge in [-0.15, -0.1) is 0 Å². The van der Waals surface area contributed by atoms with Gasteiger partial charge < -0.3 is 25.0 Å². The van der Waals surface area contributed by atoms with Gasteiger partial charge in [0.15, 0.2) is 0 Å². The van der Waals surface area contributed by atoms with Crippen molar-refractivity contribution in [2.75, 3.05) is 46.3 Å². The molecule has 0 aliphatic carbocycles. The van der Waals surface area contributed by atoms with Crippen molar-refractivity contribution >= 4 is 22.0 Å². The number of nitrogens with zero attached hydrogens (tertiary/aromatic N) is 3. The van der Waals surface area contributed by atoms with Gasteiger partial charge in [0.2, 0.25) is 15.9 Å². The summed E-state index contributed by atoms with van der Waals surface area (Å²) in [6.45, 7) is 7.45. The number of carbonyl (C=O) groups excluding carboxylic acids is 2. The lowest BCUT2D eigenvalue weighted by molar-refractivity contribution is -0.129. The fourth-order valence-electron chi connectivity index (χ4n) is 5.40. The minimum Gasteiger partial charge on any atom is -0.485 e. The number of nitrogens with one attached hydrogen (secondary N) is 2. The summed E-state index contributed by atoms with van der Waals surface area (Å²) in [5.74, 6) is 0.477. The van der Waals surface area contributed by atoms with Gasteiger partial charge in [-0.1, -0.05) is 6.07 Å². The first-order valence-corrected chi connectivity index (χ1v) is 14.4. The van der Waals surface area contributed by atoms with Gasteiger partial charge in [-0.05, 0) is 57.4 Å². The maximum atomic E-state index is 13.2. The first-order valence-electron chi connectivity index (χ1n) is 12.9. The van der Waals surface area contributed by atoms with Crippen molar-refractivity contribution in [3.8, 4) is 5.75 Å². The molecule has 3 atom stereocenters. The van der Waals surface area contributed by atoms with Crippen LogP contribution in [0.15, 0.2) is 23.1 Å². The molecule has 0 bridgehead atoms. The van der Waals surface area contributed by atoms with Crippen LogP contribution in [-0.2, 0) is 14.8 Å². The van der Waals surface area contributed by atoms with Gasteiger partial charge >= 0.3 is 6.03 Å². The topological polar surface area (TPSA) is 132 Å². The lowest BCUT2D eigenvalue weighted by atomic mass is 9.89. The van der Waals surface area contributed by atoms with Crippen molar-refractivity contribution in [3.63, 3.8) is 0 Å². The number of likely N-dealkylation sites (N-methyl/N-ethyl adjacent to an activating group) is 1. The molecule has 37 heavy (non-hydrogen) atoms. The molecule has 0 aromatic heterocycles. The summed E-state index contributed by atoms with van der Waals surface area (Å²) in [5.41, 5.74) is 0.962. The van der Waals surface area contributed by atoms with Gasteiger partial charge in [0, 0.05) is 45.7 Å². The van der Waals surface area contributed by atoms with Gasteiger partial charge in [-0.25, -0.2) is 17.9 Å². The van der Waals surface area contributed by atoms with E-state index in [2.05, 4.69) is 10.0 Å². The summed E-state index contributed by atoms with van der Waals surface area (Å²) in [6, 6.07) is 4.71. The van der Waals surface area contributed by atoms with Crippen molar-refractivity contribution in [3.05, 3.63) is 23.8 Å². The summed E-state index contributed by atoms with van der Waals surface area (Å²) in [6.07, 6.45) is 0.157. The molecule has 1 aromatic rings. The molecule has 2 fully saturated rings. The average Bonchev–Trinajstić information content (AvgIpc) is 3.26. The molecule has 3 N–H and O–H groups in total. The largest absolute Gasteiger partial charge is 0.485 e. The zero-order chi connectivity index (χ0) is 26.9. The fourth-order valence-corrected chi connectivity index (χ4v) is 6.59. The Bertz CT molecular complexity index is 1100. The monoisotopic (exact) mass is 537 g/mol. The molecule has 12 heteroatoms. The lowest BCUT2D eigenvalue weighted by Gasteiger charge is -2.32. The highest BCUT2D eigenvalue weighted by atomic mass is 32.2. The predicted octanol–water partition coefficient (Wildman–Crippen LogP) is 0.547. The Hall–Kier alpha value is -2.41. The van der Waals surface area contributed by atoms with E-state index in [1.54, 1.807) is 24.0 Å². The second kappa shape index (κ2) is 11.1. The summed E-state index contributed by atoms with van der Waals surface area (Å²) in [4.78, 5) is 30.0. The van der Waals surface area contributed by atoms with Crippen molar-refractivity contribution in [1.29, 1.82) is 0 Å². The van der Waals surface area contributed by atoms with Crippen LogP contribution in [0.2, 0.25) is 0 Å². The van der Waals surface area contributed by atoms with E-state index < -0.39 is 22.2 Å². The van der Waals surface area contributed by atoms with E-state index in [9.17, 15) is 23.1 Å². The molecule has 11 nitrogen and oxygen atoms in total. The molecule has 1 aromatic carbocycles. The molecule has 0 spiro atoms. The minimum absolute atomic E-state index is 0.0120. The number of fused-ring (bicyclic) bond motifs is 2. The number of hydrogen-bond donors (Lipinski definition) is 3. The standard InChI is InChI=1S/C25H39N5O6S/c1-16(2)27-25(33)30-14-21-23(15-30)36-22-11-19(18-7-9-29(10-8-18)17(3)31)5-6-24(22)37(34,35)26-12-20(32)13-28(21)4/h5-6,11,16,18,20-21,23,26,32H,7-10,12-15H2,1-4H3,(H,27,33)/t20-,21+,23-/m0/s1. The van der Waals surface area contributed by atoms with E-state index in [0.717, 1.165) is 18.4 Å². The smallest absolute Gasteiger partial charge is 0.317 e. The third kappa shape index (κ3) is 6.36. The number of β-amino-alcohol motifs (C(OH)–C–C–N with tert-alkyl or cyclic N) is 1. The van der Waals surface area contributed by atoms with E-state index in [1.807, 2.05) is 36.8 Å². The van der Waals surface area contributed by atoms with Gasteiger partial charge in [0.25, 0.3) is 0 Å². The Morgan fingerprint density at radius 3 is 2.49 bits per heavy atom. The molecule has 0 unspecified atom stereocenters. The van der Waals surface area contributed by atoms with Crippen LogP contribution in [0.4, 0.5) is 4.79 Å². The van der Waals surface area contributed by atoms with Crippen LogP contribution >= 0.6 is 0 Å². The predicted molar refractivity (Wildman–Crippen MR) is 138 cm³/mol. The molecular weight excluding hydrogens is 498 g/mol. The SMILES string of the molecule is CC(=O)N1CCC(c2ccc3c(c2)O[C@H]2CN(C(=O)NC(C)C)C[C@H]2N(C)C[C@@H](O)CNS3(=O)=O)CC1. The summed E-state index contributed by atoms with van der Waals surface area (Å²) >= 11 is 0. The quantitative estimate of drug-likeness (QED) is 0.502. The van der Waals surface area contributed by atoms with Gasteiger partial charge in [0.05, 0.1) is 18.7 Å². The summed E-state index contributed by atoms with van der Waals surface area (Å²) < 4.78 is 35.4. The number of ether oxygens (including phenoxy) is 1. The Balaban J connectivity index is 1.66. The first-order chi connectivity index (χ1) is 17.4. The number of benzene rings is 1. The van der Waals surface area contributed by atoms with Crippen molar-refractivity contribution in [2.45, 2.75) is 68.7 Å². The fraction of sp³-hybridized carbons (Fsp3) is 0.680. The zero-order valence-corrected chi connectivity index (χ0v) is 22.8. The number of sulfonamides is 1. The molecule has 206 valence electrons. The van der Waals surface area contributed by atoms with E-state index >= 15 is 0 Å². The highest BCUT2D eigenvalue weighted by molar-refractivity contribution is 7.89.